The minimum Gasteiger partial charge on any atom is -0.385 e. The van der Waals surface area contributed by atoms with Crippen LogP contribution in [0, 0.1) is 6.92 Å². The van der Waals surface area contributed by atoms with Gasteiger partial charge in [0.05, 0.1) is 5.69 Å². The summed E-state index contributed by atoms with van der Waals surface area (Å²) < 4.78 is 12.6. The van der Waals surface area contributed by atoms with Crippen LogP contribution in [-0.4, -0.2) is 43.0 Å². The Kier molecular flexibility index (Phi) is 8.25. The average Bonchev–Trinajstić information content (AvgIpc) is 2.75. The predicted octanol–water partition coefficient (Wildman–Crippen LogP) is 2.46. The van der Waals surface area contributed by atoms with E-state index in [2.05, 4.69) is 21.1 Å². The SMILES string of the molecule is CCOCCCn1cc(C)nc1NCCCCOC. The Morgan fingerprint density at radius 1 is 1.26 bits per heavy atom. The molecule has 0 spiro atoms. The Balaban J connectivity index is 2.31. The maximum atomic E-state index is 5.36. The summed E-state index contributed by atoms with van der Waals surface area (Å²) in [5.74, 6) is 0.964. The summed E-state index contributed by atoms with van der Waals surface area (Å²) in [6.07, 6.45) is 5.28. The number of unbranched alkanes of at least 4 members (excludes halogenated alkanes) is 1. The monoisotopic (exact) mass is 269 g/mol. The third kappa shape index (κ3) is 6.59. The van der Waals surface area contributed by atoms with Gasteiger partial charge < -0.3 is 19.4 Å². The van der Waals surface area contributed by atoms with E-state index >= 15 is 0 Å². The lowest BCUT2D eigenvalue weighted by molar-refractivity contribution is 0.142. The van der Waals surface area contributed by atoms with Crippen LogP contribution in [0.5, 0.6) is 0 Å². The molecule has 0 amide bonds. The van der Waals surface area contributed by atoms with Gasteiger partial charge in [0.2, 0.25) is 5.95 Å². The molecule has 0 saturated heterocycles. The molecule has 5 heteroatoms. The number of imidazole rings is 1. The summed E-state index contributed by atoms with van der Waals surface area (Å²) in [6, 6.07) is 0. The van der Waals surface area contributed by atoms with E-state index in [1.165, 1.54) is 0 Å². The zero-order valence-corrected chi connectivity index (χ0v) is 12.4. The lowest BCUT2D eigenvalue weighted by Crippen LogP contribution is -2.10. The van der Waals surface area contributed by atoms with Gasteiger partial charge in [-0.3, -0.25) is 0 Å². The van der Waals surface area contributed by atoms with E-state index in [0.717, 1.165) is 63.8 Å². The third-order valence-corrected chi connectivity index (χ3v) is 2.85. The van der Waals surface area contributed by atoms with E-state index in [0.29, 0.717) is 0 Å². The van der Waals surface area contributed by atoms with Crippen LogP contribution >= 0.6 is 0 Å². The fourth-order valence-electron chi connectivity index (χ4n) is 1.91. The highest BCUT2D eigenvalue weighted by Crippen LogP contribution is 2.09. The molecule has 0 aliphatic rings. The molecule has 0 aromatic carbocycles. The van der Waals surface area contributed by atoms with Crippen LogP contribution in [0.2, 0.25) is 0 Å². The maximum absolute atomic E-state index is 5.36. The minimum atomic E-state index is 0.785. The molecule has 1 aromatic rings. The largest absolute Gasteiger partial charge is 0.385 e. The van der Waals surface area contributed by atoms with Crippen molar-refractivity contribution in [3.05, 3.63) is 11.9 Å². The second-order valence-electron chi connectivity index (χ2n) is 4.58. The normalized spacial score (nSPS) is 10.9. The summed E-state index contributed by atoms with van der Waals surface area (Å²) >= 11 is 0. The summed E-state index contributed by atoms with van der Waals surface area (Å²) in [4.78, 5) is 4.51. The summed E-state index contributed by atoms with van der Waals surface area (Å²) in [6.45, 7) is 8.34. The Morgan fingerprint density at radius 3 is 2.84 bits per heavy atom. The number of rotatable bonds is 11. The van der Waals surface area contributed by atoms with Gasteiger partial charge >= 0.3 is 0 Å². The van der Waals surface area contributed by atoms with E-state index in [9.17, 15) is 0 Å². The lowest BCUT2D eigenvalue weighted by Gasteiger charge is -2.09. The highest BCUT2D eigenvalue weighted by molar-refractivity contribution is 5.28. The van der Waals surface area contributed by atoms with E-state index in [1.54, 1.807) is 7.11 Å². The van der Waals surface area contributed by atoms with Crippen molar-refractivity contribution < 1.29 is 9.47 Å². The molecule has 110 valence electrons. The van der Waals surface area contributed by atoms with Crippen molar-refractivity contribution in [2.24, 2.45) is 0 Å². The molecule has 5 nitrogen and oxygen atoms in total. The molecule has 1 N–H and O–H groups in total. The first-order valence-corrected chi connectivity index (χ1v) is 7.12. The maximum Gasteiger partial charge on any atom is 0.203 e. The summed E-state index contributed by atoms with van der Waals surface area (Å²) in [5, 5.41) is 3.39. The van der Waals surface area contributed by atoms with Crippen molar-refractivity contribution in [1.29, 1.82) is 0 Å². The number of hydrogen-bond donors (Lipinski definition) is 1. The molecular formula is C14H27N3O2. The Hall–Kier alpha value is -1.07. The number of hydrogen-bond acceptors (Lipinski definition) is 4. The van der Waals surface area contributed by atoms with Crippen LogP contribution in [-0.2, 0) is 16.0 Å². The van der Waals surface area contributed by atoms with Crippen molar-refractivity contribution in [3.8, 4) is 0 Å². The van der Waals surface area contributed by atoms with Crippen molar-refractivity contribution in [2.45, 2.75) is 39.7 Å². The molecule has 0 aliphatic heterocycles. The fraction of sp³-hybridized carbons (Fsp3) is 0.786. The third-order valence-electron chi connectivity index (χ3n) is 2.85. The van der Waals surface area contributed by atoms with E-state index in [-0.39, 0.29) is 0 Å². The smallest absolute Gasteiger partial charge is 0.203 e. The van der Waals surface area contributed by atoms with Gasteiger partial charge in [0.15, 0.2) is 0 Å². The van der Waals surface area contributed by atoms with Crippen LogP contribution in [0.4, 0.5) is 5.95 Å². The van der Waals surface area contributed by atoms with Crippen molar-refractivity contribution in [3.63, 3.8) is 0 Å². The molecule has 1 rings (SSSR count). The Bertz CT molecular complexity index is 339. The molecule has 1 heterocycles. The number of anilines is 1. The topological polar surface area (TPSA) is 48.3 Å². The summed E-state index contributed by atoms with van der Waals surface area (Å²) in [7, 11) is 1.74. The number of aromatic nitrogens is 2. The average molecular weight is 269 g/mol. The molecule has 0 bridgehead atoms. The zero-order chi connectivity index (χ0) is 13.9. The first kappa shape index (κ1) is 16.0. The van der Waals surface area contributed by atoms with Crippen molar-refractivity contribution in [2.75, 3.05) is 38.8 Å². The lowest BCUT2D eigenvalue weighted by atomic mass is 10.3. The zero-order valence-electron chi connectivity index (χ0n) is 12.4. The molecule has 0 radical (unpaired) electrons. The van der Waals surface area contributed by atoms with Crippen LogP contribution in [0.1, 0.15) is 31.9 Å². The molecule has 0 atom stereocenters. The molecule has 1 aromatic heterocycles. The highest BCUT2D eigenvalue weighted by Gasteiger charge is 2.04. The first-order valence-electron chi connectivity index (χ1n) is 7.12. The molecule has 0 aliphatic carbocycles. The number of aryl methyl sites for hydroxylation is 2. The molecular weight excluding hydrogens is 242 g/mol. The molecule has 0 fully saturated rings. The minimum absolute atomic E-state index is 0.785. The van der Waals surface area contributed by atoms with Crippen LogP contribution in [0.25, 0.3) is 0 Å². The number of ether oxygens (including phenoxy) is 2. The quantitative estimate of drug-likeness (QED) is 0.627. The van der Waals surface area contributed by atoms with Gasteiger partial charge in [0.1, 0.15) is 0 Å². The van der Waals surface area contributed by atoms with Crippen LogP contribution in [0.3, 0.4) is 0 Å². The van der Waals surface area contributed by atoms with Gasteiger partial charge in [-0.15, -0.1) is 0 Å². The van der Waals surface area contributed by atoms with Gasteiger partial charge in [0.25, 0.3) is 0 Å². The molecule has 19 heavy (non-hydrogen) atoms. The Labute approximate surface area is 116 Å². The first-order chi connectivity index (χ1) is 9.27. The second-order valence-corrected chi connectivity index (χ2v) is 4.58. The highest BCUT2D eigenvalue weighted by atomic mass is 16.5. The van der Waals surface area contributed by atoms with Crippen LogP contribution < -0.4 is 5.32 Å². The number of nitrogens with zero attached hydrogens (tertiary/aromatic N) is 2. The summed E-state index contributed by atoms with van der Waals surface area (Å²) in [5.41, 5.74) is 1.05. The standard InChI is InChI=1S/C14H27N3O2/c1-4-19-11-7-9-17-12-13(2)16-14(17)15-8-5-6-10-18-3/h12H,4-11H2,1-3H3,(H,15,16). The predicted molar refractivity (Wildman–Crippen MR) is 77.7 cm³/mol. The molecule has 0 saturated carbocycles. The van der Waals surface area contributed by atoms with Crippen molar-refractivity contribution >= 4 is 5.95 Å². The number of nitrogens with one attached hydrogen (secondary N) is 1. The fourth-order valence-corrected chi connectivity index (χ4v) is 1.91. The van der Waals surface area contributed by atoms with Gasteiger partial charge in [-0.05, 0) is 33.1 Å². The van der Waals surface area contributed by atoms with E-state index < -0.39 is 0 Å². The number of methoxy groups -OCH3 is 1. The van der Waals surface area contributed by atoms with Crippen molar-refractivity contribution in [1.82, 2.24) is 9.55 Å². The van der Waals surface area contributed by atoms with E-state index in [1.807, 2.05) is 13.8 Å². The van der Waals surface area contributed by atoms with Gasteiger partial charge in [-0.2, -0.15) is 0 Å². The van der Waals surface area contributed by atoms with Gasteiger partial charge in [0, 0.05) is 46.2 Å². The van der Waals surface area contributed by atoms with Gasteiger partial charge in [-0.25, -0.2) is 4.98 Å². The molecule has 0 unspecified atom stereocenters. The van der Waals surface area contributed by atoms with E-state index in [4.69, 9.17) is 9.47 Å². The Morgan fingerprint density at radius 2 is 2.11 bits per heavy atom. The van der Waals surface area contributed by atoms with Gasteiger partial charge in [-0.1, -0.05) is 0 Å². The van der Waals surface area contributed by atoms with Crippen LogP contribution in [0.15, 0.2) is 6.20 Å². The second kappa shape index (κ2) is 9.81.